The van der Waals surface area contributed by atoms with Crippen LogP contribution in [-0.2, 0) is 4.79 Å². The molecule has 1 atom stereocenters. The van der Waals surface area contributed by atoms with E-state index >= 15 is 0 Å². The summed E-state index contributed by atoms with van der Waals surface area (Å²) in [7, 11) is 0. The Kier molecular flexibility index (Phi) is 9.22. The Morgan fingerprint density at radius 3 is 2.76 bits per heavy atom. The number of rotatable bonds is 10. The fraction of sp³-hybridized carbons (Fsp3) is 0.423. The third kappa shape index (κ3) is 9.15. The van der Waals surface area contributed by atoms with Crippen molar-refractivity contribution >= 4 is 17.1 Å². The summed E-state index contributed by atoms with van der Waals surface area (Å²) in [5.74, 6) is 7.46. The second kappa shape index (κ2) is 11.6. The number of carbonyl (C=O) groups is 1. The van der Waals surface area contributed by atoms with E-state index in [4.69, 9.17) is 4.74 Å². The highest BCUT2D eigenvalue weighted by Gasteiger charge is 2.10. The Labute approximate surface area is 180 Å². The van der Waals surface area contributed by atoms with Crippen molar-refractivity contribution in [2.45, 2.75) is 53.4 Å². The van der Waals surface area contributed by atoms with Crippen LogP contribution in [0.4, 0.5) is 0 Å². The van der Waals surface area contributed by atoms with Gasteiger partial charge in [-0.2, -0.15) is 11.3 Å². The third-order valence-corrected chi connectivity index (χ3v) is 5.15. The topological polar surface area (TPSA) is 26.3 Å². The fourth-order valence-electron chi connectivity index (χ4n) is 2.75. The van der Waals surface area contributed by atoms with E-state index in [2.05, 4.69) is 61.6 Å². The Morgan fingerprint density at radius 2 is 2.03 bits per heavy atom. The quantitative estimate of drug-likeness (QED) is 0.308. The summed E-state index contributed by atoms with van der Waals surface area (Å²) >= 11 is 1.69. The molecule has 0 N–H and O–H groups in total. The molecule has 1 unspecified atom stereocenters. The van der Waals surface area contributed by atoms with Crippen molar-refractivity contribution in [3.05, 3.63) is 53.2 Å². The number of thiophene rings is 1. The van der Waals surface area contributed by atoms with E-state index in [9.17, 15) is 4.79 Å². The standard InChI is InChI=1S/C26H32O2S/c1-21(11-6-5-8-16-26(2,3)4)25(27)14-7-9-17-28-24-13-10-12-22(19-24)23-15-18-29-20-23/h5-6,10,12-13,15,18-21H,7,9,11,14,17H2,1-4H3/b6-5+. The summed E-state index contributed by atoms with van der Waals surface area (Å²) in [6, 6.07) is 10.3. The molecule has 29 heavy (non-hydrogen) atoms. The van der Waals surface area contributed by atoms with Crippen LogP contribution in [-0.4, -0.2) is 12.4 Å². The maximum atomic E-state index is 12.3. The van der Waals surface area contributed by atoms with Crippen molar-refractivity contribution in [2.24, 2.45) is 11.3 Å². The molecule has 2 aromatic rings. The molecule has 0 saturated heterocycles. The van der Waals surface area contributed by atoms with Crippen molar-refractivity contribution < 1.29 is 9.53 Å². The number of ether oxygens (including phenoxy) is 1. The molecule has 154 valence electrons. The number of benzene rings is 1. The van der Waals surface area contributed by atoms with Gasteiger partial charge in [0.15, 0.2) is 0 Å². The van der Waals surface area contributed by atoms with Gasteiger partial charge in [0, 0.05) is 17.8 Å². The molecular formula is C26H32O2S. The summed E-state index contributed by atoms with van der Waals surface area (Å²) < 4.78 is 5.87. The molecule has 3 heteroatoms. The van der Waals surface area contributed by atoms with E-state index in [0.29, 0.717) is 18.8 Å². The third-order valence-electron chi connectivity index (χ3n) is 4.46. The number of hydrogen-bond donors (Lipinski definition) is 0. The zero-order valence-corrected chi connectivity index (χ0v) is 18.9. The number of allylic oxidation sites excluding steroid dienone is 2. The molecule has 1 aromatic carbocycles. The van der Waals surface area contributed by atoms with Crippen LogP contribution in [0, 0.1) is 23.2 Å². The summed E-state index contributed by atoms with van der Waals surface area (Å²) in [6.07, 6.45) is 6.98. The first-order chi connectivity index (χ1) is 13.8. The highest BCUT2D eigenvalue weighted by atomic mass is 32.1. The first-order valence-corrected chi connectivity index (χ1v) is 11.3. The lowest BCUT2D eigenvalue weighted by Gasteiger charge is -2.09. The molecule has 0 amide bonds. The van der Waals surface area contributed by atoms with Crippen molar-refractivity contribution in [3.63, 3.8) is 0 Å². The van der Waals surface area contributed by atoms with Gasteiger partial charge in [-0.05, 0) is 86.2 Å². The normalized spacial score (nSPS) is 12.4. The molecule has 2 nitrogen and oxygen atoms in total. The van der Waals surface area contributed by atoms with Crippen molar-refractivity contribution in [3.8, 4) is 28.7 Å². The lowest BCUT2D eigenvalue weighted by atomic mass is 9.97. The molecular weight excluding hydrogens is 376 g/mol. The predicted octanol–water partition coefficient (Wildman–Crippen LogP) is 7.17. The number of ketones is 1. The van der Waals surface area contributed by atoms with Crippen molar-refractivity contribution in [2.75, 3.05) is 6.61 Å². The first kappa shape index (κ1) is 23.0. The van der Waals surface area contributed by atoms with E-state index < -0.39 is 0 Å². The maximum Gasteiger partial charge on any atom is 0.136 e. The molecule has 1 heterocycles. The molecule has 1 aromatic heterocycles. The largest absolute Gasteiger partial charge is 0.494 e. The molecule has 0 aliphatic heterocycles. The minimum Gasteiger partial charge on any atom is -0.494 e. The van der Waals surface area contributed by atoms with Crippen LogP contribution in [0.5, 0.6) is 5.75 Å². The number of hydrogen-bond acceptors (Lipinski definition) is 3. The molecule has 0 bridgehead atoms. The van der Waals surface area contributed by atoms with Crippen LogP contribution >= 0.6 is 11.3 Å². The monoisotopic (exact) mass is 408 g/mol. The zero-order chi connectivity index (χ0) is 21.1. The van der Waals surface area contributed by atoms with Gasteiger partial charge < -0.3 is 4.74 Å². The molecule has 0 fully saturated rings. The fourth-order valence-corrected chi connectivity index (χ4v) is 3.42. The molecule has 0 spiro atoms. The van der Waals surface area contributed by atoms with E-state index in [1.54, 1.807) is 11.3 Å². The minimum atomic E-state index is 0.0130. The second-order valence-electron chi connectivity index (χ2n) is 8.37. The van der Waals surface area contributed by atoms with E-state index in [0.717, 1.165) is 25.0 Å². The second-order valence-corrected chi connectivity index (χ2v) is 9.15. The summed E-state index contributed by atoms with van der Waals surface area (Å²) in [5.41, 5.74) is 2.41. The molecule has 0 aliphatic rings. The van der Waals surface area contributed by atoms with Crippen LogP contribution in [0.25, 0.3) is 11.1 Å². The minimum absolute atomic E-state index is 0.0130. The molecule has 0 aliphatic carbocycles. The van der Waals surface area contributed by atoms with Gasteiger partial charge >= 0.3 is 0 Å². The van der Waals surface area contributed by atoms with Gasteiger partial charge in [0.05, 0.1) is 6.61 Å². The van der Waals surface area contributed by atoms with E-state index in [1.165, 1.54) is 11.1 Å². The summed E-state index contributed by atoms with van der Waals surface area (Å²) in [4.78, 5) is 12.3. The maximum absolute atomic E-state index is 12.3. The Morgan fingerprint density at radius 1 is 1.21 bits per heavy atom. The van der Waals surface area contributed by atoms with E-state index in [-0.39, 0.29) is 11.3 Å². The summed E-state index contributed by atoms with van der Waals surface area (Å²) in [6.45, 7) is 8.89. The van der Waals surface area contributed by atoms with Crippen LogP contribution in [0.1, 0.15) is 53.4 Å². The van der Waals surface area contributed by atoms with Crippen molar-refractivity contribution in [1.82, 2.24) is 0 Å². The molecule has 2 rings (SSSR count). The Hall–Kier alpha value is -2.31. The number of Topliss-reactive ketones (excluding diaryl/α,β-unsaturated/α-hetero) is 1. The first-order valence-electron chi connectivity index (χ1n) is 10.3. The lowest BCUT2D eigenvalue weighted by molar-refractivity contribution is -0.122. The average molecular weight is 409 g/mol. The van der Waals surface area contributed by atoms with Crippen LogP contribution < -0.4 is 4.74 Å². The molecule has 0 radical (unpaired) electrons. The Balaban J connectivity index is 1.64. The van der Waals surface area contributed by atoms with Gasteiger partial charge in [-0.15, -0.1) is 0 Å². The van der Waals surface area contributed by atoms with Gasteiger partial charge in [-0.1, -0.05) is 37.0 Å². The number of unbranched alkanes of at least 4 members (excludes halogenated alkanes) is 1. The smallest absolute Gasteiger partial charge is 0.136 e. The van der Waals surface area contributed by atoms with E-state index in [1.807, 2.05) is 31.2 Å². The van der Waals surface area contributed by atoms with Crippen LogP contribution in [0.15, 0.2) is 53.2 Å². The number of carbonyl (C=O) groups excluding carboxylic acids is 1. The SMILES string of the molecule is CC(C/C=C/C#CC(C)(C)C)C(=O)CCCCOc1cccc(-c2ccsc2)c1. The lowest BCUT2D eigenvalue weighted by Crippen LogP contribution is -2.10. The van der Waals surface area contributed by atoms with Gasteiger partial charge in [0.1, 0.15) is 11.5 Å². The highest BCUT2D eigenvalue weighted by Crippen LogP contribution is 2.25. The average Bonchev–Trinajstić information content (AvgIpc) is 3.21. The predicted molar refractivity (Wildman–Crippen MR) is 124 cm³/mol. The van der Waals surface area contributed by atoms with Crippen molar-refractivity contribution in [1.29, 1.82) is 0 Å². The van der Waals surface area contributed by atoms with Gasteiger partial charge in [-0.25, -0.2) is 0 Å². The van der Waals surface area contributed by atoms with Crippen LogP contribution in [0.3, 0.4) is 0 Å². The summed E-state index contributed by atoms with van der Waals surface area (Å²) in [5, 5.41) is 4.22. The van der Waals surface area contributed by atoms with Crippen LogP contribution in [0.2, 0.25) is 0 Å². The van der Waals surface area contributed by atoms with Gasteiger partial charge in [0.2, 0.25) is 0 Å². The Bertz CT molecular complexity index is 845. The van der Waals surface area contributed by atoms with Gasteiger partial charge in [0.25, 0.3) is 0 Å². The highest BCUT2D eigenvalue weighted by molar-refractivity contribution is 7.08. The van der Waals surface area contributed by atoms with Gasteiger partial charge in [-0.3, -0.25) is 4.79 Å². The zero-order valence-electron chi connectivity index (χ0n) is 18.0. The molecule has 0 saturated carbocycles.